The lowest BCUT2D eigenvalue weighted by atomic mass is 10.1. The maximum absolute atomic E-state index is 14.4. The zero-order valence-electron chi connectivity index (χ0n) is 18.3. The van der Waals surface area contributed by atoms with Crippen molar-refractivity contribution in [2.75, 3.05) is 0 Å². The Morgan fingerprint density at radius 1 is 1.23 bits per heavy atom. The number of halogens is 4. The largest absolute Gasteiger partial charge is 0.351 e. The molecular formula is C23H20BrClF2N4O3S. The van der Waals surface area contributed by atoms with Crippen molar-refractivity contribution in [3.63, 3.8) is 0 Å². The minimum Gasteiger partial charge on any atom is -0.351 e. The molecule has 2 aromatic carbocycles. The molecule has 0 fully saturated rings. The Morgan fingerprint density at radius 3 is 2.54 bits per heavy atom. The van der Waals surface area contributed by atoms with Crippen LogP contribution in [0.15, 0.2) is 64.1 Å². The van der Waals surface area contributed by atoms with Gasteiger partial charge in [0.15, 0.2) is 0 Å². The quantitative estimate of drug-likeness (QED) is 0.381. The molecular weight excluding hydrogens is 566 g/mol. The second-order valence-corrected chi connectivity index (χ2v) is 10.7. The Morgan fingerprint density at radius 2 is 1.91 bits per heavy atom. The minimum atomic E-state index is -4.59. The van der Waals surface area contributed by atoms with Gasteiger partial charge in [0.2, 0.25) is 15.9 Å². The van der Waals surface area contributed by atoms with Gasteiger partial charge >= 0.3 is 0 Å². The van der Waals surface area contributed by atoms with Crippen LogP contribution in [0.4, 0.5) is 8.78 Å². The molecule has 0 bridgehead atoms. The second-order valence-electron chi connectivity index (χ2n) is 7.71. The summed E-state index contributed by atoms with van der Waals surface area (Å²) in [7, 11) is -4.59. The monoisotopic (exact) mass is 584 g/mol. The summed E-state index contributed by atoms with van der Waals surface area (Å²) in [4.78, 5) is 12.3. The van der Waals surface area contributed by atoms with Gasteiger partial charge in [0, 0.05) is 34.3 Å². The molecule has 2 atom stereocenters. The van der Waals surface area contributed by atoms with Crippen molar-refractivity contribution in [1.82, 2.24) is 14.6 Å². The van der Waals surface area contributed by atoms with Crippen LogP contribution in [0.1, 0.15) is 30.6 Å². The van der Waals surface area contributed by atoms with Gasteiger partial charge < -0.3 is 9.88 Å². The van der Waals surface area contributed by atoms with E-state index >= 15 is 0 Å². The van der Waals surface area contributed by atoms with Crippen molar-refractivity contribution in [2.45, 2.75) is 36.9 Å². The highest BCUT2D eigenvalue weighted by Gasteiger charge is 2.31. The molecule has 3 rings (SSSR count). The van der Waals surface area contributed by atoms with Crippen molar-refractivity contribution in [1.29, 1.82) is 5.26 Å². The number of hydrogen-bond donors (Lipinski definition) is 2. The first-order valence-corrected chi connectivity index (χ1v) is 12.9. The highest BCUT2D eigenvalue weighted by molar-refractivity contribution is 9.10. The van der Waals surface area contributed by atoms with Gasteiger partial charge in [-0.2, -0.15) is 9.98 Å². The third-order valence-electron chi connectivity index (χ3n) is 5.17. The van der Waals surface area contributed by atoms with E-state index in [-0.39, 0.29) is 17.4 Å². The number of sulfonamides is 1. The van der Waals surface area contributed by atoms with Crippen LogP contribution in [0.5, 0.6) is 0 Å². The molecule has 1 heterocycles. The lowest BCUT2D eigenvalue weighted by Gasteiger charge is -2.23. The van der Waals surface area contributed by atoms with Crippen LogP contribution < -0.4 is 10.0 Å². The third-order valence-corrected chi connectivity index (χ3v) is 7.86. The van der Waals surface area contributed by atoms with Gasteiger partial charge in [-0.3, -0.25) is 4.79 Å². The van der Waals surface area contributed by atoms with Crippen molar-refractivity contribution in [2.24, 2.45) is 0 Å². The third kappa shape index (κ3) is 6.67. The van der Waals surface area contributed by atoms with E-state index in [1.807, 2.05) is 6.07 Å². The van der Waals surface area contributed by atoms with Gasteiger partial charge in [0.1, 0.15) is 34.3 Å². The highest BCUT2D eigenvalue weighted by Crippen LogP contribution is 2.27. The molecule has 3 aromatic rings. The van der Waals surface area contributed by atoms with Crippen LogP contribution in [0.2, 0.25) is 5.02 Å². The molecule has 7 nitrogen and oxygen atoms in total. The number of amides is 1. The molecule has 1 amide bonds. The van der Waals surface area contributed by atoms with Gasteiger partial charge in [0.05, 0.1) is 0 Å². The number of benzene rings is 2. The average molecular weight is 586 g/mol. The summed E-state index contributed by atoms with van der Waals surface area (Å²) >= 11 is 8.75. The second kappa shape index (κ2) is 11.3. The summed E-state index contributed by atoms with van der Waals surface area (Å²) in [6.07, 6.45) is 1.58. The number of carbonyl (C=O) groups excluding carboxylic acids is 1. The van der Waals surface area contributed by atoms with Crippen LogP contribution in [0.3, 0.4) is 0 Å². The van der Waals surface area contributed by atoms with Gasteiger partial charge in [-0.15, -0.1) is 0 Å². The molecule has 0 aliphatic heterocycles. The van der Waals surface area contributed by atoms with E-state index in [0.29, 0.717) is 16.8 Å². The topological polar surface area (TPSA) is 104 Å². The van der Waals surface area contributed by atoms with E-state index < -0.39 is 44.5 Å². The molecule has 0 spiro atoms. The van der Waals surface area contributed by atoms with Crippen molar-refractivity contribution < 1.29 is 22.0 Å². The Labute approximate surface area is 214 Å². The number of nitriles is 1. The van der Waals surface area contributed by atoms with Gasteiger partial charge in [0.25, 0.3) is 0 Å². The molecule has 12 heteroatoms. The first-order chi connectivity index (χ1) is 16.5. The smallest absolute Gasteiger partial charge is 0.245 e. The lowest BCUT2D eigenvalue weighted by Crippen LogP contribution is -2.47. The summed E-state index contributed by atoms with van der Waals surface area (Å²) in [5.74, 6) is -2.94. The number of rotatable bonds is 9. The van der Waals surface area contributed by atoms with Gasteiger partial charge in [-0.05, 0) is 65.2 Å². The zero-order valence-corrected chi connectivity index (χ0v) is 21.5. The Balaban J connectivity index is 1.88. The molecule has 35 heavy (non-hydrogen) atoms. The summed E-state index contributed by atoms with van der Waals surface area (Å²) < 4.78 is 57.5. The Kier molecular flexibility index (Phi) is 8.66. The Hall–Kier alpha value is -2.78. The summed E-state index contributed by atoms with van der Waals surface area (Å²) in [6, 6.07) is 11.4. The number of nitrogens with one attached hydrogen (secondary N) is 2. The number of nitrogens with zero attached hydrogens (tertiary/aromatic N) is 2. The molecule has 1 aromatic heterocycles. The fourth-order valence-corrected chi connectivity index (χ4v) is 5.98. The van der Waals surface area contributed by atoms with E-state index in [4.69, 9.17) is 11.6 Å². The molecule has 0 saturated carbocycles. The average Bonchev–Trinajstić information content (AvgIpc) is 3.26. The fourth-order valence-electron chi connectivity index (χ4n) is 3.48. The molecule has 0 aliphatic carbocycles. The predicted molar refractivity (Wildman–Crippen MR) is 130 cm³/mol. The first kappa shape index (κ1) is 26.8. The maximum Gasteiger partial charge on any atom is 0.245 e. The van der Waals surface area contributed by atoms with E-state index in [0.717, 1.165) is 11.6 Å². The predicted octanol–water partition coefficient (Wildman–Crippen LogP) is 4.67. The molecule has 2 N–H and O–H groups in total. The summed E-state index contributed by atoms with van der Waals surface area (Å²) in [6.45, 7) is 1.80. The van der Waals surface area contributed by atoms with E-state index in [2.05, 4.69) is 26.0 Å². The van der Waals surface area contributed by atoms with Crippen molar-refractivity contribution in [3.8, 4) is 6.07 Å². The van der Waals surface area contributed by atoms with Crippen molar-refractivity contribution >= 4 is 43.5 Å². The molecule has 0 saturated heterocycles. The SMILES string of the molecule is CC(CC(NS(=O)(=O)c1c(F)cc(F)cc1Br)C(=O)NCc1ccc(Cl)cc1)n1cccc1C#N. The van der Waals surface area contributed by atoms with Crippen LogP contribution in [-0.2, 0) is 21.4 Å². The number of carbonyl (C=O) groups is 1. The fraction of sp³-hybridized carbons (Fsp3) is 0.217. The van der Waals surface area contributed by atoms with E-state index in [1.54, 1.807) is 54.1 Å². The van der Waals surface area contributed by atoms with E-state index in [9.17, 15) is 27.3 Å². The summed E-state index contributed by atoms with van der Waals surface area (Å²) in [5.41, 5.74) is 1.05. The molecule has 2 unspecified atom stereocenters. The summed E-state index contributed by atoms with van der Waals surface area (Å²) in [5, 5.41) is 12.5. The van der Waals surface area contributed by atoms with Gasteiger partial charge in [-0.25, -0.2) is 17.2 Å². The number of hydrogen-bond acceptors (Lipinski definition) is 4. The lowest BCUT2D eigenvalue weighted by molar-refractivity contribution is -0.123. The van der Waals surface area contributed by atoms with Crippen LogP contribution in [-0.4, -0.2) is 24.9 Å². The number of aromatic nitrogens is 1. The minimum absolute atomic E-state index is 0.0600. The van der Waals surface area contributed by atoms with Crippen LogP contribution >= 0.6 is 27.5 Å². The highest BCUT2D eigenvalue weighted by atomic mass is 79.9. The van der Waals surface area contributed by atoms with E-state index in [1.165, 1.54) is 0 Å². The normalized spacial score (nSPS) is 13.1. The zero-order chi connectivity index (χ0) is 25.8. The van der Waals surface area contributed by atoms with Crippen LogP contribution in [0, 0.1) is 23.0 Å². The Bertz CT molecular complexity index is 1350. The maximum atomic E-state index is 14.4. The molecule has 0 aliphatic rings. The first-order valence-electron chi connectivity index (χ1n) is 10.3. The standard InChI is InChI=1S/C23H20BrClF2N4O3S/c1-14(31-8-2-3-18(31)12-28)9-21(23(32)29-13-15-4-6-16(25)7-5-15)30-35(33,34)22-19(24)10-17(26)11-20(22)27/h2-8,10-11,14,21,30H,9,13H2,1H3,(H,29,32). The van der Waals surface area contributed by atoms with Crippen molar-refractivity contribution in [3.05, 3.63) is 87.1 Å². The van der Waals surface area contributed by atoms with Crippen LogP contribution in [0.25, 0.3) is 0 Å². The van der Waals surface area contributed by atoms with Gasteiger partial charge in [-0.1, -0.05) is 23.7 Å². The molecule has 184 valence electrons. The molecule has 0 radical (unpaired) electrons.